The second kappa shape index (κ2) is 8.43. The molecular formula is C20H21N3O5. The minimum absolute atomic E-state index is 0.265. The van der Waals surface area contributed by atoms with Gasteiger partial charge in [-0.3, -0.25) is 9.89 Å². The zero-order valence-electron chi connectivity index (χ0n) is 15.8. The lowest BCUT2D eigenvalue weighted by Crippen LogP contribution is -2.35. The number of H-pyrrole nitrogens is 1. The average molecular weight is 383 g/mol. The van der Waals surface area contributed by atoms with Gasteiger partial charge in [-0.15, -0.1) is 0 Å². The van der Waals surface area contributed by atoms with E-state index in [1.807, 2.05) is 6.07 Å². The number of carbonyl (C=O) groups is 2. The number of esters is 1. The van der Waals surface area contributed by atoms with E-state index >= 15 is 0 Å². The molecule has 0 bridgehead atoms. The molecule has 0 aliphatic heterocycles. The van der Waals surface area contributed by atoms with Crippen LogP contribution in [0.2, 0.25) is 0 Å². The van der Waals surface area contributed by atoms with Gasteiger partial charge in [-0.1, -0.05) is 12.1 Å². The average Bonchev–Trinajstić information content (AvgIpc) is 3.19. The van der Waals surface area contributed by atoms with Gasteiger partial charge in [0, 0.05) is 11.9 Å². The maximum Gasteiger partial charge on any atom is 0.338 e. The number of carbonyl (C=O) groups excluding carboxylic acids is 2. The van der Waals surface area contributed by atoms with Crippen LogP contribution < -0.4 is 14.8 Å². The highest BCUT2D eigenvalue weighted by molar-refractivity contribution is 5.95. The van der Waals surface area contributed by atoms with Crippen molar-refractivity contribution in [2.45, 2.75) is 19.6 Å². The first kappa shape index (κ1) is 19.2. The van der Waals surface area contributed by atoms with E-state index in [2.05, 4.69) is 15.5 Å². The summed E-state index contributed by atoms with van der Waals surface area (Å²) >= 11 is 0. The first-order valence-electron chi connectivity index (χ1n) is 8.64. The van der Waals surface area contributed by atoms with Gasteiger partial charge in [-0.05, 0) is 36.8 Å². The Bertz CT molecular complexity index is 998. The summed E-state index contributed by atoms with van der Waals surface area (Å²) < 4.78 is 15.7. The predicted molar refractivity (Wildman–Crippen MR) is 102 cm³/mol. The van der Waals surface area contributed by atoms with Crippen LogP contribution in [0.5, 0.6) is 11.5 Å². The molecule has 2 N–H and O–H groups in total. The van der Waals surface area contributed by atoms with Crippen LogP contribution in [0.15, 0.2) is 42.6 Å². The molecule has 146 valence electrons. The summed E-state index contributed by atoms with van der Waals surface area (Å²) in [4.78, 5) is 24.6. The van der Waals surface area contributed by atoms with Gasteiger partial charge in [0.2, 0.25) is 0 Å². The Labute approximate surface area is 161 Å². The van der Waals surface area contributed by atoms with Crippen molar-refractivity contribution in [3.8, 4) is 11.5 Å². The van der Waals surface area contributed by atoms with Crippen LogP contribution in [0.25, 0.3) is 10.9 Å². The fourth-order valence-electron chi connectivity index (χ4n) is 2.67. The van der Waals surface area contributed by atoms with Gasteiger partial charge in [0.05, 0.1) is 31.5 Å². The Morgan fingerprint density at radius 1 is 1.11 bits per heavy atom. The monoisotopic (exact) mass is 383 g/mol. The van der Waals surface area contributed by atoms with Crippen molar-refractivity contribution in [2.24, 2.45) is 0 Å². The summed E-state index contributed by atoms with van der Waals surface area (Å²) in [6, 6.07) is 10.4. The fraction of sp³-hybridized carbons (Fsp3) is 0.250. The molecule has 1 heterocycles. The number of aromatic nitrogens is 2. The number of hydrogen-bond acceptors (Lipinski definition) is 6. The second-order valence-corrected chi connectivity index (χ2v) is 6.13. The minimum Gasteiger partial charge on any atom is -0.493 e. The lowest BCUT2D eigenvalue weighted by Gasteiger charge is -2.14. The summed E-state index contributed by atoms with van der Waals surface area (Å²) in [5, 5.41) is 10.3. The zero-order valence-corrected chi connectivity index (χ0v) is 15.8. The first-order valence-corrected chi connectivity index (χ1v) is 8.64. The summed E-state index contributed by atoms with van der Waals surface area (Å²) in [7, 11) is 3.10. The molecule has 1 unspecified atom stereocenters. The van der Waals surface area contributed by atoms with Crippen LogP contribution in [-0.4, -0.2) is 42.4 Å². The highest BCUT2D eigenvalue weighted by Crippen LogP contribution is 2.27. The molecule has 1 amide bonds. The van der Waals surface area contributed by atoms with Crippen molar-refractivity contribution < 1.29 is 23.8 Å². The van der Waals surface area contributed by atoms with Gasteiger partial charge in [0.25, 0.3) is 5.91 Å². The highest BCUT2D eigenvalue weighted by atomic mass is 16.5. The van der Waals surface area contributed by atoms with Gasteiger partial charge in [0.1, 0.15) is 0 Å². The molecule has 0 saturated carbocycles. The Kier molecular flexibility index (Phi) is 5.78. The lowest BCUT2D eigenvalue weighted by atomic mass is 10.1. The van der Waals surface area contributed by atoms with Crippen molar-refractivity contribution >= 4 is 22.8 Å². The van der Waals surface area contributed by atoms with Gasteiger partial charge in [-0.25, -0.2) is 4.79 Å². The van der Waals surface area contributed by atoms with Crippen LogP contribution in [0, 0.1) is 0 Å². The largest absolute Gasteiger partial charge is 0.493 e. The van der Waals surface area contributed by atoms with Crippen LogP contribution in [0.4, 0.5) is 0 Å². The van der Waals surface area contributed by atoms with Gasteiger partial charge >= 0.3 is 5.97 Å². The van der Waals surface area contributed by atoms with Crippen LogP contribution in [-0.2, 0) is 16.1 Å². The van der Waals surface area contributed by atoms with E-state index in [0.717, 1.165) is 16.5 Å². The fourth-order valence-corrected chi connectivity index (χ4v) is 2.67. The standard InChI is InChI=1S/C20H21N3O5/c1-12(28-20(25)14-5-6-15-11-22-23-16(15)9-14)19(24)21-10-13-4-7-17(26-2)18(8-13)27-3/h4-9,11-12H,10H2,1-3H3,(H,21,24)(H,22,23). The van der Waals surface area contributed by atoms with Crippen molar-refractivity contribution in [2.75, 3.05) is 14.2 Å². The molecule has 0 aliphatic rings. The van der Waals surface area contributed by atoms with E-state index in [9.17, 15) is 9.59 Å². The SMILES string of the molecule is COc1ccc(CNC(=O)C(C)OC(=O)c2ccc3cn[nH]c3c2)cc1OC. The summed E-state index contributed by atoms with van der Waals surface area (Å²) in [6.07, 6.45) is 0.722. The number of methoxy groups -OCH3 is 2. The normalized spacial score (nSPS) is 11.7. The molecule has 8 heteroatoms. The predicted octanol–water partition coefficient (Wildman–Crippen LogP) is 2.44. The van der Waals surface area contributed by atoms with Crippen LogP contribution in [0.3, 0.4) is 0 Å². The molecule has 0 radical (unpaired) electrons. The van der Waals surface area contributed by atoms with E-state index in [0.29, 0.717) is 17.1 Å². The molecule has 8 nitrogen and oxygen atoms in total. The molecule has 1 aromatic heterocycles. The smallest absolute Gasteiger partial charge is 0.338 e. The molecule has 1 atom stereocenters. The summed E-state index contributed by atoms with van der Waals surface area (Å²) in [6.45, 7) is 1.79. The number of benzene rings is 2. The molecule has 28 heavy (non-hydrogen) atoms. The molecule has 0 spiro atoms. The zero-order chi connectivity index (χ0) is 20.1. The Morgan fingerprint density at radius 2 is 1.89 bits per heavy atom. The number of nitrogens with zero attached hydrogens (tertiary/aromatic N) is 1. The molecule has 3 rings (SSSR count). The summed E-state index contributed by atoms with van der Waals surface area (Å²) in [5.41, 5.74) is 1.89. The van der Waals surface area contributed by atoms with Crippen LogP contribution >= 0.6 is 0 Å². The molecule has 0 saturated heterocycles. The quantitative estimate of drug-likeness (QED) is 0.608. The maximum atomic E-state index is 12.3. The number of hydrogen-bond donors (Lipinski definition) is 2. The van der Waals surface area contributed by atoms with Gasteiger partial charge in [0.15, 0.2) is 17.6 Å². The number of amides is 1. The van der Waals surface area contributed by atoms with Crippen molar-refractivity contribution in [3.63, 3.8) is 0 Å². The maximum absolute atomic E-state index is 12.3. The Morgan fingerprint density at radius 3 is 2.64 bits per heavy atom. The first-order chi connectivity index (χ1) is 13.5. The topological polar surface area (TPSA) is 103 Å². The molecule has 0 aliphatic carbocycles. The molecule has 3 aromatic rings. The third-order valence-electron chi connectivity index (χ3n) is 4.25. The van der Waals surface area contributed by atoms with E-state index < -0.39 is 18.0 Å². The number of nitrogens with one attached hydrogen (secondary N) is 2. The number of fused-ring (bicyclic) bond motifs is 1. The third kappa shape index (κ3) is 4.22. The molecule has 0 fully saturated rings. The molecule has 2 aromatic carbocycles. The number of ether oxygens (including phenoxy) is 3. The number of rotatable bonds is 7. The van der Waals surface area contributed by atoms with Crippen molar-refractivity contribution in [1.82, 2.24) is 15.5 Å². The minimum atomic E-state index is -0.940. The van der Waals surface area contributed by atoms with E-state index in [4.69, 9.17) is 14.2 Å². The summed E-state index contributed by atoms with van der Waals surface area (Å²) in [5.74, 6) is 0.202. The van der Waals surface area contributed by atoms with Gasteiger partial charge in [-0.2, -0.15) is 5.10 Å². The number of aromatic amines is 1. The van der Waals surface area contributed by atoms with Crippen molar-refractivity contribution in [1.29, 1.82) is 0 Å². The van der Waals surface area contributed by atoms with E-state index in [1.165, 1.54) is 6.92 Å². The molecular weight excluding hydrogens is 362 g/mol. The van der Waals surface area contributed by atoms with E-state index in [-0.39, 0.29) is 6.54 Å². The Hall–Kier alpha value is -3.55. The second-order valence-electron chi connectivity index (χ2n) is 6.13. The highest BCUT2D eigenvalue weighted by Gasteiger charge is 2.19. The van der Waals surface area contributed by atoms with Gasteiger partial charge < -0.3 is 19.5 Å². The Balaban J connectivity index is 1.57. The lowest BCUT2D eigenvalue weighted by molar-refractivity contribution is -0.129. The van der Waals surface area contributed by atoms with E-state index in [1.54, 1.807) is 50.7 Å². The van der Waals surface area contributed by atoms with Crippen molar-refractivity contribution in [3.05, 3.63) is 53.7 Å². The third-order valence-corrected chi connectivity index (χ3v) is 4.25. The van der Waals surface area contributed by atoms with Crippen LogP contribution in [0.1, 0.15) is 22.8 Å².